The fourth-order valence-electron chi connectivity index (χ4n) is 0.871. The molecule has 0 aliphatic carbocycles. The van der Waals surface area contributed by atoms with Crippen molar-refractivity contribution in [3.8, 4) is 0 Å². The molecule has 0 aromatic heterocycles. The van der Waals surface area contributed by atoms with Gasteiger partial charge in [-0.1, -0.05) is 13.8 Å². The molecule has 2 N–H and O–H groups in total. The van der Waals surface area contributed by atoms with Crippen LogP contribution in [-0.4, -0.2) is 49.1 Å². The fraction of sp³-hybridized carbons (Fsp3) is 0.667. The summed E-state index contributed by atoms with van der Waals surface area (Å²) in [6.45, 7) is 9.49. The van der Waals surface area contributed by atoms with Crippen molar-refractivity contribution in [3.05, 3.63) is 0 Å². The van der Waals surface area contributed by atoms with E-state index in [9.17, 15) is 0 Å². The molecule has 0 saturated heterocycles. The summed E-state index contributed by atoms with van der Waals surface area (Å²) >= 11 is 9.81. The minimum atomic E-state index is 0. The molecule has 0 aromatic carbocycles. The molecule has 0 atom stereocenters. The van der Waals surface area contributed by atoms with E-state index in [1.807, 2.05) is 27.7 Å². The summed E-state index contributed by atoms with van der Waals surface area (Å²) in [5.41, 5.74) is 0.491. The summed E-state index contributed by atoms with van der Waals surface area (Å²) in [4.78, 5) is 0. The summed E-state index contributed by atoms with van der Waals surface area (Å²) in [5, 5.41) is 21.6. The molecule has 0 fully saturated rings. The number of hydrogen-bond acceptors (Lipinski definition) is 7. The maximum absolute atomic E-state index is 4.97. The normalized spacial score (nSPS) is 12.3. The molecular weight excluding hydrogens is 372 g/mol. The first-order valence-corrected chi connectivity index (χ1v) is 7.51. The van der Waals surface area contributed by atoms with E-state index in [2.05, 4.69) is 31.0 Å². The molecule has 1 radical (unpaired) electrons. The Morgan fingerprint density at radius 3 is 1.95 bits per heavy atom. The molecule has 0 unspecified atom stereocenters. The zero-order valence-electron chi connectivity index (χ0n) is 13.5. The Bertz CT molecular complexity index is 375. The number of hydrogen-bond donors (Lipinski definition) is 2. The molecule has 0 heterocycles. The van der Waals surface area contributed by atoms with E-state index < -0.39 is 0 Å². The average molecular weight is 396 g/mol. The van der Waals surface area contributed by atoms with E-state index >= 15 is 0 Å². The Balaban J connectivity index is -0.00000115. The first-order chi connectivity index (χ1) is 10.1. The zero-order chi connectivity index (χ0) is 16.5. The van der Waals surface area contributed by atoms with Crippen LogP contribution in [0, 0.1) is 0 Å². The Hall–Kier alpha value is -0.801. The van der Waals surface area contributed by atoms with E-state index in [0.717, 1.165) is 0 Å². The van der Waals surface area contributed by atoms with Crippen molar-refractivity contribution in [1.82, 2.24) is 10.6 Å². The molecule has 131 valence electrons. The molecule has 0 aliphatic heterocycles. The van der Waals surface area contributed by atoms with Crippen LogP contribution in [0.25, 0.3) is 0 Å². The van der Waals surface area contributed by atoms with Crippen molar-refractivity contribution in [2.75, 3.05) is 26.8 Å². The van der Waals surface area contributed by atoms with Crippen molar-refractivity contribution in [3.63, 3.8) is 0 Å². The SMILES string of the molecule is CC.CCN/C([S-])=N/N=C(/C=N/N=C(\[S-])NCC)COC.[Cu+2]. The van der Waals surface area contributed by atoms with Gasteiger partial charge >= 0.3 is 17.1 Å². The summed E-state index contributed by atoms with van der Waals surface area (Å²) < 4.78 is 4.97. The third-order valence-corrected chi connectivity index (χ3v) is 2.02. The van der Waals surface area contributed by atoms with Crippen LogP contribution in [-0.2, 0) is 47.1 Å². The van der Waals surface area contributed by atoms with Gasteiger partial charge in [0.05, 0.1) is 12.8 Å². The van der Waals surface area contributed by atoms with Gasteiger partial charge in [-0.2, -0.15) is 20.4 Å². The molecule has 0 saturated carbocycles. The number of ether oxygens (including phenoxy) is 1. The smallest absolute Gasteiger partial charge is 0.741 e. The zero-order valence-corrected chi connectivity index (χ0v) is 16.1. The van der Waals surface area contributed by atoms with Crippen LogP contribution in [0.15, 0.2) is 20.4 Å². The van der Waals surface area contributed by atoms with Crippen LogP contribution in [0.5, 0.6) is 0 Å². The van der Waals surface area contributed by atoms with E-state index in [-0.39, 0.29) is 23.7 Å². The molecule has 7 nitrogen and oxygen atoms in total. The molecule has 0 rings (SSSR count). The second-order valence-electron chi connectivity index (χ2n) is 3.14. The van der Waals surface area contributed by atoms with Crippen molar-refractivity contribution in [1.29, 1.82) is 0 Å². The first kappa shape index (κ1) is 26.1. The van der Waals surface area contributed by atoms with Gasteiger partial charge in [-0.05, 0) is 24.2 Å². The molecule has 0 spiro atoms. The molecule has 0 aliphatic rings. The second-order valence-corrected chi connectivity index (χ2v) is 3.91. The molecular formula is C12H24CuN6OS2. The first-order valence-electron chi connectivity index (χ1n) is 6.70. The molecule has 0 amide bonds. The Labute approximate surface area is 154 Å². The van der Waals surface area contributed by atoms with Crippen molar-refractivity contribution >= 4 is 47.5 Å². The van der Waals surface area contributed by atoms with Crippen LogP contribution >= 0.6 is 0 Å². The average Bonchev–Trinajstić information content (AvgIpc) is 2.47. The largest absolute Gasteiger partial charge is 2.00 e. The fourth-order valence-corrected chi connectivity index (χ4v) is 1.25. The number of amidine groups is 2. The molecule has 22 heavy (non-hydrogen) atoms. The van der Waals surface area contributed by atoms with Crippen molar-refractivity contribution in [2.45, 2.75) is 27.7 Å². The van der Waals surface area contributed by atoms with E-state index in [1.165, 1.54) is 6.21 Å². The Morgan fingerprint density at radius 1 is 1.00 bits per heavy atom. The maximum atomic E-state index is 4.97. The summed E-state index contributed by atoms with van der Waals surface area (Å²) in [6, 6.07) is 0. The number of nitrogens with one attached hydrogen (secondary N) is 2. The van der Waals surface area contributed by atoms with Crippen LogP contribution in [0.2, 0.25) is 0 Å². The molecule has 0 bridgehead atoms. The van der Waals surface area contributed by atoms with Crippen molar-refractivity contribution in [2.24, 2.45) is 20.4 Å². The minimum absolute atomic E-state index is 0. The third kappa shape index (κ3) is 17.3. The van der Waals surface area contributed by atoms with Gasteiger partial charge in [-0.15, -0.1) is 0 Å². The van der Waals surface area contributed by atoms with Gasteiger partial charge in [0.25, 0.3) is 0 Å². The molecule has 10 heteroatoms. The summed E-state index contributed by atoms with van der Waals surface area (Å²) in [5.74, 6) is 0. The summed E-state index contributed by atoms with van der Waals surface area (Å²) in [7, 11) is 1.55. The Kier molecular flexibility index (Phi) is 24.0. The van der Waals surface area contributed by atoms with Crippen LogP contribution in [0.1, 0.15) is 27.7 Å². The van der Waals surface area contributed by atoms with E-state index in [4.69, 9.17) is 30.0 Å². The predicted octanol–water partition coefficient (Wildman–Crippen LogP) is 1.02. The van der Waals surface area contributed by atoms with Gasteiger partial charge in [0.1, 0.15) is 5.71 Å². The maximum Gasteiger partial charge on any atom is 2.00 e. The standard InChI is InChI=1S/C10H20N6OS2.C2H6.Cu/c1-4-11-9(18)15-13-6-8(7-17-3)14-16-10(19)12-5-2;1-2;/h6H,4-5,7H2,1-3H3,(H2,11,15,18)(H2,12,16,19);1-2H3;/q;;+2/p-2/b13-6+,14-8-;;. The Morgan fingerprint density at radius 2 is 1.50 bits per heavy atom. The van der Waals surface area contributed by atoms with E-state index in [0.29, 0.717) is 29.1 Å². The summed E-state index contributed by atoms with van der Waals surface area (Å²) in [6.07, 6.45) is 1.42. The van der Waals surface area contributed by atoms with Gasteiger partial charge < -0.3 is 40.6 Å². The van der Waals surface area contributed by atoms with E-state index in [1.54, 1.807) is 7.11 Å². The van der Waals surface area contributed by atoms with Crippen LogP contribution in [0.4, 0.5) is 0 Å². The van der Waals surface area contributed by atoms with Gasteiger partial charge in [0.15, 0.2) is 0 Å². The monoisotopic (exact) mass is 395 g/mol. The third-order valence-electron chi connectivity index (χ3n) is 1.57. The van der Waals surface area contributed by atoms with Crippen molar-refractivity contribution < 1.29 is 21.8 Å². The van der Waals surface area contributed by atoms with Gasteiger partial charge in [-0.25, -0.2) is 0 Å². The van der Waals surface area contributed by atoms with Gasteiger partial charge in [0, 0.05) is 20.2 Å². The number of methoxy groups -OCH3 is 1. The van der Waals surface area contributed by atoms with Crippen LogP contribution < -0.4 is 10.6 Å². The quantitative estimate of drug-likeness (QED) is 0.221. The number of rotatable bonds is 7. The van der Waals surface area contributed by atoms with Crippen LogP contribution in [0.3, 0.4) is 0 Å². The van der Waals surface area contributed by atoms with Gasteiger partial charge in [-0.3, -0.25) is 0 Å². The number of nitrogens with zero attached hydrogens (tertiary/aromatic N) is 4. The van der Waals surface area contributed by atoms with Gasteiger partial charge in [0.2, 0.25) is 0 Å². The minimum Gasteiger partial charge on any atom is -0.741 e. The topological polar surface area (TPSA) is 82.7 Å². The molecule has 0 aromatic rings. The predicted molar refractivity (Wildman–Crippen MR) is 96.1 cm³/mol. The second kappa shape index (κ2) is 20.2.